The smallest absolute Gasteiger partial charge is 0.275 e. The number of nitrogens with zero attached hydrogens (tertiary/aromatic N) is 2. The molecule has 30 heavy (non-hydrogen) atoms. The number of halogens is 2. The molecular weight excluding hydrogens is 388 g/mol. The predicted octanol–water partition coefficient (Wildman–Crippen LogP) is 4.29. The second kappa shape index (κ2) is 7.87. The molecule has 3 aromatic carbocycles. The lowest BCUT2D eigenvalue weighted by Gasteiger charge is -2.12. The van der Waals surface area contributed by atoms with Gasteiger partial charge in [-0.1, -0.05) is 35.9 Å². The molecule has 0 aliphatic rings. The Balaban J connectivity index is 1.75. The average molecular weight is 405 g/mol. The number of benzene rings is 3. The number of aryl methyl sites for hydroxylation is 1. The molecule has 0 aliphatic heterocycles. The molecule has 0 bridgehead atoms. The summed E-state index contributed by atoms with van der Waals surface area (Å²) >= 11 is 0. The number of fused-ring (bicyclic) bond motifs is 1. The van der Waals surface area contributed by atoms with Crippen molar-refractivity contribution in [2.24, 2.45) is 0 Å². The van der Waals surface area contributed by atoms with Gasteiger partial charge < -0.3 is 5.32 Å². The van der Waals surface area contributed by atoms with Gasteiger partial charge in [0.25, 0.3) is 5.56 Å². The highest BCUT2D eigenvalue weighted by molar-refractivity contribution is 5.94. The molecule has 0 saturated heterocycles. The minimum absolute atomic E-state index is 0.284. The first-order valence-corrected chi connectivity index (χ1v) is 9.24. The summed E-state index contributed by atoms with van der Waals surface area (Å²) in [6.07, 6.45) is 0. The van der Waals surface area contributed by atoms with E-state index in [0.717, 1.165) is 22.4 Å². The lowest BCUT2D eigenvalue weighted by Crippen LogP contribution is -2.30. The Hall–Kier alpha value is -3.87. The standard InChI is InChI=1S/C23H17F2N3O2/c1-14-6-9-16(10-7-14)26-21(29)13-28-23(30)18-5-3-2-4-17(18)22(27-28)15-8-11-19(24)20(25)12-15/h2-12H,13H2,1H3,(H,26,29). The topological polar surface area (TPSA) is 64.0 Å². The highest BCUT2D eigenvalue weighted by atomic mass is 19.2. The molecule has 0 unspecified atom stereocenters. The summed E-state index contributed by atoms with van der Waals surface area (Å²) in [5.74, 6) is -2.43. The Morgan fingerprint density at radius 2 is 1.67 bits per heavy atom. The summed E-state index contributed by atoms with van der Waals surface area (Å²) in [5.41, 5.74) is 1.79. The third kappa shape index (κ3) is 3.82. The quantitative estimate of drug-likeness (QED) is 0.551. The molecule has 5 nitrogen and oxygen atoms in total. The average Bonchev–Trinajstić information content (AvgIpc) is 2.74. The van der Waals surface area contributed by atoms with Crippen molar-refractivity contribution in [3.05, 3.63) is 94.3 Å². The van der Waals surface area contributed by atoms with Crippen LogP contribution in [-0.2, 0) is 11.3 Å². The van der Waals surface area contributed by atoms with E-state index in [2.05, 4.69) is 10.4 Å². The normalized spacial score (nSPS) is 10.9. The zero-order chi connectivity index (χ0) is 21.3. The van der Waals surface area contributed by atoms with Crippen LogP contribution in [0.4, 0.5) is 14.5 Å². The molecule has 1 heterocycles. The molecule has 1 aromatic heterocycles. The number of anilines is 1. The van der Waals surface area contributed by atoms with Gasteiger partial charge in [0.1, 0.15) is 6.54 Å². The van der Waals surface area contributed by atoms with Crippen molar-refractivity contribution in [3.63, 3.8) is 0 Å². The highest BCUT2D eigenvalue weighted by Crippen LogP contribution is 2.26. The Bertz CT molecular complexity index is 1310. The molecule has 1 amide bonds. The number of hydrogen-bond acceptors (Lipinski definition) is 3. The number of aromatic nitrogens is 2. The molecule has 150 valence electrons. The largest absolute Gasteiger partial charge is 0.324 e. The van der Waals surface area contributed by atoms with Crippen molar-refractivity contribution in [1.29, 1.82) is 0 Å². The van der Waals surface area contributed by atoms with Crippen LogP contribution in [0.5, 0.6) is 0 Å². The fourth-order valence-corrected chi connectivity index (χ4v) is 3.17. The van der Waals surface area contributed by atoms with Crippen LogP contribution in [0.15, 0.2) is 71.5 Å². The first-order chi connectivity index (χ1) is 14.4. The van der Waals surface area contributed by atoms with Crippen LogP contribution < -0.4 is 10.9 Å². The number of nitrogens with one attached hydrogen (secondary N) is 1. The van der Waals surface area contributed by atoms with Gasteiger partial charge in [-0.05, 0) is 43.3 Å². The maximum atomic E-state index is 13.8. The summed E-state index contributed by atoms with van der Waals surface area (Å²) in [5, 5.41) is 7.83. The molecule has 0 fully saturated rings. The van der Waals surface area contributed by atoms with Crippen LogP contribution >= 0.6 is 0 Å². The first kappa shape index (κ1) is 19.4. The highest BCUT2D eigenvalue weighted by Gasteiger charge is 2.15. The number of carbonyl (C=O) groups excluding carboxylic acids is 1. The van der Waals surface area contributed by atoms with Crippen molar-refractivity contribution in [2.75, 3.05) is 5.32 Å². The summed E-state index contributed by atoms with van der Waals surface area (Å²) < 4.78 is 28.2. The molecule has 7 heteroatoms. The van der Waals surface area contributed by atoms with Gasteiger partial charge in [-0.15, -0.1) is 0 Å². The molecule has 4 aromatic rings. The summed E-state index contributed by atoms with van der Waals surface area (Å²) in [7, 11) is 0. The number of carbonyl (C=O) groups is 1. The maximum Gasteiger partial charge on any atom is 0.275 e. The van der Waals surface area contributed by atoms with Crippen LogP contribution in [0.25, 0.3) is 22.0 Å². The van der Waals surface area contributed by atoms with Gasteiger partial charge in [-0.3, -0.25) is 9.59 Å². The van der Waals surface area contributed by atoms with E-state index in [0.29, 0.717) is 22.0 Å². The number of amides is 1. The lowest BCUT2D eigenvalue weighted by atomic mass is 10.0. The lowest BCUT2D eigenvalue weighted by molar-refractivity contribution is -0.117. The Morgan fingerprint density at radius 3 is 2.37 bits per heavy atom. The van der Waals surface area contributed by atoms with Crippen LogP contribution in [0, 0.1) is 18.6 Å². The fourth-order valence-electron chi connectivity index (χ4n) is 3.17. The van der Waals surface area contributed by atoms with E-state index < -0.39 is 23.1 Å². The minimum Gasteiger partial charge on any atom is -0.324 e. The van der Waals surface area contributed by atoms with E-state index in [1.165, 1.54) is 6.07 Å². The van der Waals surface area contributed by atoms with E-state index in [9.17, 15) is 18.4 Å². The van der Waals surface area contributed by atoms with Gasteiger partial charge in [-0.2, -0.15) is 5.10 Å². The van der Waals surface area contributed by atoms with Crippen LogP contribution in [0.1, 0.15) is 5.56 Å². The van der Waals surface area contributed by atoms with Crippen molar-refractivity contribution in [1.82, 2.24) is 9.78 Å². The van der Waals surface area contributed by atoms with E-state index in [-0.39, 0.29) is 12.2 Å². The summed E-state index contributed by atoms with van der Waals surface area (Å²) in [6.45, 7) is 1.61. The Labute approximate surface area is 170 Å². The number of hydrogen-bond donors (Lipinski definition) is 1. The zero-order valence-electron chi connectivity index (χ0n) is 16.0. The summed E-state index contributed by atoms with van der Waals surface area (Å²) in [4.78, 5) is 25.3. The molecule has 0 spiro atoms. The third-order valence-corrected chi connectivity index (χ3v) is 4.69. The van der Waals surface area contributed by atoms with E-state index in [1.54, 1.807) is 36.4 Å². The van der Waals surface area contributed by atoms with E-state index in [1.807, 2.05) is 19.1 Å². The van der Waals surface area contributed by atoms with Crippen molar-refractivity contribution in [3.8, 4) is 11.3 Å². The summed E-state index contributed by atoms with van der Waals surface area (Å²) in [6, 6.07) is 17.3. The van der Waals surface area contributed by atoms with Gasteiger partial charge in [0.05, 0.1) is 11.1 Å². The fraction of sp³-hybridized carbons (Fsp3) is 0.0870. The molecular formula is C23H17F2N3O2. The molecule has 0 aliphatic carbocycles. The van der Waals surface area contributed by atoms with Crippen molar-refractivity contribution in [2.45, 2.75) is 13.5 Å². The number of rotatable bonds is 4. The van der Waals surface area contributed by atoms with Gasteiger partial charge in [-0.25, -0.2) is 13.5 Å². The van der Waals surface area contributed by atoms with E-state index in [4.69, 9.17) is 0 Å². The van der Waals surface area contributed by atoms with Gasteiger partial charge in [0.2, 0.25) is 5.91 Å². The van der Waals surface area contributed by atoms with Crippen LogP contribution in [-0.4, -0.2) is 15.7 Å². The minimum atomic E-state index is -1.02. The second-order valence-corrected chi connectivity index (χ2v) is 6.90. The molecule has 1 N–H and O–H groups in total. The maximum absolute atomic E-state index is 13.8. The van der Waals surface area contributed by atoms with Crippen molar-refractivity contribution < 1.29 is 13.6 Å². The van der Waals surface area contributed by atoms with Gasteiger partial charge >= 0.3 is 0 Å². The first-order valence-electron chi connectivity index (χ1n) is 9.24. The predicted molar refractivity (Wildman–Crippen MR) is 111 cm³/mol. The third-order valence-electron chi connectivity index (χ3n) is 4.69. The van der Waals surface area contributed by atoms with Gasteiger partial charge in [0.15, 0.2) is 11.6 Å². The van der Waals surface area contributed by atoms with Crippen LogP contribution in [0.2, 0.25) is 0 Å². The molecule has 0 radical (unpaired) electrons. The van der Waals surface area contributed by atoms with Gasteiger partial charge in [0, 0.05) is 16.6 Å². The molecule has 0 saturated carbocycles. The monoisotopic (exact) mass is 405 g/mol. The van der Waals surface area contributed by atoms with Crippen LogP contribution in [0.3, 0.4) is 0 Å². The molecule has 0 atom stereocenters. The Kier molecular flexibility index (Phi) is 5.10. The van der Waals surface area contributed by atoms with Crippen molar-refractivity contribution >= 4 is 22.4 Å². The Morgan fingerprint density at radius 1 is 0.967 bits per heavy atom. The SMILES string of the molecule is Cc1ccc(NC(=O)Cn2nc(-c3ccc(F)c(F)c3)c3ccccc3c2=O)cc1. The van der Waals surface area contributed by atoms with E-state index >= 15 is 0 Å². The second-order valence-electron chi connectivity index (χ2n) is 6.90. The molecule has 4 rings (SSSR count). The zero-order valence-corrected chi connectivity index (χ0v) is 16.0.